The quantitative estimate of drug-likeness (QED) is 0.789. The molecule has 0 atom stereocenters. The highest BCUT2D eigenvalue weighted by molar-refractivity contribution is 5.88. The van der Waals surface area contributed by atoms with Gasteiger partial charge in [-0.25, -0.2) is 9.97 Å². The number of rotatable bonds is 3. The van der Waals surface area contributed by atoms with Crippen molar-refractivity contribution in [1.29, 1.82) is 0 Å². The Hall–Kier alpha value is -2.89. The van der Waals surface area contributed by atoms with E-state index in [4.69, 9.17) is 0 Å². The summed E-state index contributed by atoms with van der Waals surface area (Å²) >= 11 is 0. The van der Waals surface area contributed by atoms with Gasteiger partial charge in [0.25, 0.3) is 0 Å². The van der Waals surface area contributed by atoms with E-state index in [0.717, 1.165) is 60.6 Å². The van der Waals surface area contributed by atoms with E-state index in [0.29, 0.717) is 6.42 Å². The van der Waals surface area contributed by atoms with Crippen LogP contribution in [0.1, 0.15) is 17.7 Å². The van der Waals surface area contributed by atoms with Crippen molar-refractivity contribution in [2.75, 3.05) is 31.1 Å². The molecule has 1 N–H and O–H groups in total. The van der Waals surface area contributed by atoms with Crippen molar-refractivity contribution in [3.63, 3.8) is 0 Å². The molecule has 0 aliphatic carbocycles. The van der Waals surface area contributed by atoms with Gasteiger partial charge in [0, 0.05) is 55.0 Å². The molecular formula is C20H23N5O. The predicted octanol–water partition coefficient (Wildman–Crippen LogP) is 2.55. The summed E-state index contributed by atoms with van der Waals surface area (Å²) in [5.41, 5.74) is 3.11. The molecule has 134 valence electrons. The van der Waals surface area contributed by atoms with E-state index in [1.54, 1.807) is 6.33 Å². The Morgan fingerprint density at radius 1 is 1.15 bits per heavy atom. The van der Waals surface area contributed by atoms with Crippen LogP contribution in [0.5, 0.6) is 0 Å². The van der Waals surface area contributed by atoms with E-state index >= 15 is 0 Å². The van der Waals surface area contributed by atoms with E-state index in [-0.39, 0.29) is 5.91 Å². The van der Waals surface area contributed by atoms with Crippen molar-refractivity contribution in [3.8, 4) is 0 Å². The Morgan fingerprint density at radius 2 is 2.04 bits per heavy atom. The fourth-order valence-corrected chi connectivity index (χ4v) is 3.56. The number of anilines is 1. The molecule has 0 saturated carbocycles. The summed E-state index contributed by atoms with van der Waals surface area (Å²) in [5, 5.41) is 1.13. The number of aromatic amines is 1. The van der Waals surface area contributed by atoms with Gasteiger partial charge in [0.1, 0.15) is 12.1 Å². The van der Waals surface area contributed by atoms with Gasteiger partial charge in [0.05, 0.1) is 6.42 Å². The van der Waals surface area contributed by atoms with Crippen LogP contribution < -0.4 is 4.90 Å². The van der Waals surface area contributed by atoms with E-state index in [2.05, 4.69) is 25.9 Å². The van der Waals surface area contributed by atoms with Gasteiger partial charge in [-0.2, -0.15) is 0 Å². The van der Waals surface area contributed by atoms with Gasteiger partial charge in [-0.3, -0.25) is 4.79 Å². The second kappa shape index (κ2) is 7.15. The number of carbonyl (C=O) groups excluding carboxylic acids is 1. The minimum absolute atomic E-state index is 0.190. The molecule has 1 aliphatic heterocycles. The molecule has 1 saturated heterocycles. The molecule has 3 aromatic rings. The standard InChI is InChI=1S/C20H23N5O/c1-15-11-19(23-14-22-15)24-7-4-8-25(10-9-24)20(26)12-16-13-21-18-6-3-2-5-17(16)18/h2-3,5-6,11,13-14,21H,4,7-10,12H2,1H3. The first-order valence-corrected chi connectivity index (χ1v) is 9.07. The molecule has 6 nitrogen and oxygen atoms in total. The Bertz CT molecular complexity index is 919. The van der Waals surface area contributed by atoms with Gasteiger partial charge in [-0.1, -0.05) is 18.2 Å². The molecule has 0 radical (unpaired) electrons. The molecular weight excluding hydrogens is 326 g/mol. The maximum atomic E-state index is 12.8. The zero-order chi connectivity index (χ0) is 17.9. The first-order chi connectivity index (χ1) is 12.7. The highest BCUT2D eigenvalue weighted by Gasteiger charge is 2.21. The Kier molecular flexibility index (Phi) is 4.56. The highest BCUT2D eigenvalue weighted by atomic mass is 16.2. The average molecular weight is 349 g/mol. The lowest BCUT2D eigenvalue weighted by atomic mass is 10.1. The van der Waals surface area contributed by atoms with Crippen LogP contribution in [0, 0.1) is 6.92 Å². The van der Waals surface area contributed by atoms with Crippen LogP contribution in [0.2, 0.25) is 0 Å². The number of nitrogens with zero attached hydrogens (tertiary/aromatic N) is 4. The molecule has 1 amide bonds. The number of nitrogens with one attached hydrogen (secondary N) is 1. The fourth-order valence-electron chi connectivity index (χ4n) is 3.56. The number of carbonyl (C=O) groups is 1. The third-order valence-corrected chi connectivity index (χ3v) is 4.98. The lowest BCUT2D eigenvalue weighted by molar-refractivity contribution is -0.130. The minimum atomic E-state index is 0.190. The second-order valence-corrected chi connectivity index (χ2v) is 6.78. The van der Waals surface area contributed by atoms with Crippen molar-refractivity contribution in [1.82, 2.24) is 19.9 Å². The maximum Gasteiger partial charge on any atom is 0.227 e. The summed E-state index contributed by atoms with van der Waals surface area (Å²) in [6, 6.07) is 10.1. The molecule has 4 rings (SSSR count). The molecule has 0 bridgehead atoms. The van der Waals surface area contributed by atoms with E-state index in [1.165, 1.54) is 0 Å². The van der Waals surface area contributed by atoms with Crippen molar-refractivity contribution in [2.24, 2.45) is 0 Å². The van der Waals surface area contributed by atoms with Crippen molar-refractivity contribution in [2.45, 2.75) is 19.8 Å². The van der Waals surface area contributed by atoms with Crippen LogP contribution in [-0.4, -0.2) is 51.9 Å². The Balaban J connectivity index is 1.43. The summed E-state index contributed by atoms with van der Waals surface area (Å²) in [7, 11) is 0. The second-order valence-electron chi connectivity index (χ2n) is 6.78. The van der Waals surface area contributed by atoms with Crippen LogP contribution in [0.25, 0.3) is 10.9 Å². The molecule has 1 fully saturated rings. The Labute approximate surface area is 152 Å². The molecule has 1 aromatic carbocycles. The van der Waals surface area contributed by atoms with Crippen molar-refractivity contribution in [3.05, 3.63) is 54.1 Å². The number of hydrogen-bond donors (Lipinski definition) is 1. The molecule has 1 aliphatic rings. The molecule has 3 heterocycles. The topological polar surface area (TPSA) is 65.1 Å². The van der Waals surface area contributed by atoms with E-state index < -0.39 is 0 Å². The third-order valence-electron chi connectivity index (χ3n) is 4.98. The molecule has 26 heavy (non-hydrogen) atoms. The largest absolute Gasteiger partial charge is 0.361 e. The van der Waals surface area contributed by atoms with E-state index in [9.17, 15) is 4.79 Å². The highest BCUT2D eigenvalue weighted by Crippen LogP contribution is 2.19. The summed E-state index contributed by atoms with van der Waals surface area (Å²) in [5.74, 6) is 1.14. The van der Waals surface area contributed by atoms with Gasteiger partial charge in [-0.15, -0.1) is 0 Å². The summed E-state index contributed by atoms with van der Waals surface area (Å²) in [4.78, 5) is 28.8. The fraction of sp³-hybridized carbons (Fsp3) is 0.350. The van der Waals surface area contributed by atoms with Crippen molar-refractivity contribution < 1.29 is 4.79 Å². The first-order valence-electron chi connectivity index (χ1n) is 9.07. The zero-order valence-electron chi connectivity index (χ0n) is 15.0. The Morgan fingerprint density at radius 3 is 2.92 bits per heavy atom. The number of benzene rings is 1. The van der Waals surface area contributed by atoms with E-state index in [1.807, 2.05) is 42.3 Å². The average Bonchev–Trinajstić information content (AvgIpc) is 2.89. The molecule has 0 unspecified atom stereocenters. The summed E-state index contributed by atoms with van der Waals surface area (Å²) in [6.07, 6.45) is 4.95. The van der Waals surface area contributed by atoms with Crippen LogP contribution in [0.15, 0.2) is 42.9 Å². The minimum Gasteiger partial charge on any atom is -0.361 e. The zero-order valence-corrected chi connectivity index (χ0v) is 15.0. The number of aromatic nitrogens is 3. The number of fused-ring (bicyclic) bond motifs is 1. The van der Waals surface area contributed by atoms with Crippen molar-refractivity contribution >= 4 is 22.6 Å². The molecule has 6 heteroatoms. The number of aryl methyl sites for hydroxylation is 1. The smallest absolute Gasteiger partial charge is 0.227 e. The number of H-pyrrole nitrogens is 1. The van der Waals surface area contributed by atoms with Gasteiger partial charge >= 0.3 is 0 Å². The van der Waals surface area contributed by atoms with Gasteiger partial charge < -0.3 is 14.8 Å². The summed E-state index contributed by atoms with van der Waals surface area (Å²) in [6.45, 7) is 5.20. The maximum absolute atomic E-state index is 12.8. The third kappa shape index (κ3) is 3.40. The summed E-state index contributed by atoms with van der Waals surface area (Å²) < 4.78 is 0. The number of hydrogen-bond acceptors (Lipinski definition) is 4. The van der Waals surface area contributed by atoms with Crippen LogP contribution in [0.4, 0.5) is 5.82 Å². The van der Waals surface area contributed by atoms with Gasteiger partial charge in [-0.05, 0) is 25.0 Å². The SMILES string of the molecule is Cc1cc(N2CCCN(C(=O)Cc3c[nH]c4ccccc34)CC2)ncn1. The lowest BCUT2D eigenvalue weighted by Crippen LogP contribution is -2.36. The molecule has 2 aromatic heterocycles. The predicted molar refractivity (Wildman–Crippen MR) is 102 cm³/mol. The molecule has 0 spiro atoms. The normalized spacial score (nSPS) is 15.3. The monoisotopic (exact) mass is 349 g/mol. The number of para-hydroxylation sites is 1. The van der Waals surface area contributed by atoms with Crippen LogP contribution in [-0.2, 0) is 11.2 Å². The van der Waals surface area contributed by atoms with Gasteiger partial charge in [0.2, 0.25) is 5.91 Å². The van der Waals surface area contributed by atoms with Gasteiger partial charge in [0.15, 0.2) is 0 Å². The van der Waals surface area contributed by atoms with Crippen LogP contribution in [0.3, 0.4) is 0 Å². The first kappa shape index (κ1) is 16.6. The lowest BCUT2D eigenvalue weighted by Gasteiger charge is -2.23. The number of amides is 1. The van der Waals surface area contributed by atoms with Crippen LogP contribution >= 0.6 is 0 Å².